The summed E-state index contributed by atoms with van der Waals surface area (Å²) in [6.45, 7) is 0. The van der Waals surface area contributed by atoms with Gasteiger partial charge in [-0.05, 0) is 43.2 Å². The highest BCUT2D eigenvalue weighted by Crippen LogP contribution is 2.34. The van der Waals surface area contributed by atoms with E-state index in [1.165, 1.54) is 12.1 Å². The second kappa shape index (κ2) is 4.98. The van der Waals surface area contributed by atoms with Crippen molar-refractivity contribution in [3.63, 3.8) is 0 Å². The maximum Gasteiger partial charge on any atom is 0.256 e. The van der Waals surface area contributed by atoms with Crippen LogP contribution in [-0.4, -0.2) is 11.9 Å². The number of furan rings is 1. The minimum absolute atomic E-state index is 0.133. The zero-order valence-corrected chi connectivity index (χ0v) is 11.8. The summed E-state index contributed by atoms with van der Waals surface area (Å²) < 4.78 is 19.0. The number of amides is 1. The Balaban J connectivity index is 1.88. The van der Waals surface area contributed by atoms with Crippen LogP contribution in [0.3, 0.4) is 0 Å². The summed E-state index contributed by atoms with van der Waals surface area (Å²) in [4.78, 5) is 12.6. The normalized spacial score (nSPS) is 14.2. The Hall–Kier alpha value is -2.62. The molecular weight excluding hydrogens is 281 g/mol. The molecule has 0 aliphatic heterocycles. The van der Waals surface area contributed by atoms with Gasteiger partial charge in [0.25, 0.3) is 5.91 Å². The van der Waals surface area contributed by atoms with Crippen LogP contribution in [0.1, 0.15) is 23.2 Å². The van der Waals surface area contributed by atoms with Crippen LogP contribution in [0, 0.1) is 5.82 Å². The number of para-hydroxylation sites is 1. The van der Waals surface area contributed by atoms with Crippen molar-refractivity contribution < 1.29 is 13.6 Å². The van der Waals surface area contributed by atoms with Gasteiger partial charge in [-0.25, -0.2) is 4.39 Å². The number of rotatable bonds is 3. The van der Waals surface area contributed by atoms with Crippen LogP contribution in [-0.2, 0) is 0 Å². The fourth-order valence-electron chi connectivity index (χ4n) is 2.56. The molecule has 0 saturated heterocycles. The van der Waals surface area contributed by atoms with Crippen molar-refractivity contribution in [3.05, 3.63) is 59.9 Å². The van der Waals surface area contributed by atoms with Crippen molar-refractivity contribution in [1.29, 1.82) is 0 Å². The summed E-state index contributed by atoms with van der Waals surface area (Å²) in [5.41, 5.74) is 1.87. The Labute approximate surface area is 126 Å². The van der Waals surface area contributed by atoms with E-state index in [4.69, 9.17) is 4.42 Å². The molecule has 0 atom stereocenters. The lowest BCUT2D eigenvalue weighted by Crippen LogP contribution is -2.25. The molecule has 1 N–H and O–H groups in total. The molecule has 2 aromatic carbocycles. The third-order valence-electron chi connectivity index (χ3n) is 3.84. The minimum Gasteiger partial charge on any atom is -0.455 e. The lowest BCUT2D eigenvalue weighted by molar-refractivity contribution is 0.0952. The zero-order valence-electron chi connectivity index (χ0n) is 11.8. The van der Waals surface area contributed by atoms with Gasteiger partial charge in [-0.1, -0.05) is 18.2 Å². The Morgan fingerprint density at radius 2 is 1.82 bits per heavy atom. The van der Waals surface area contributed by atoms with Gasteiger partial charge in [-0.2, -0.15) is 0 Å². The van der Waals surface area contributed by atoms with Crippen molar-refractivity contribution >= 4 is 16.9 Å². The average Bonchev–Trinajstić information content (AvgIpc) is 3.25. The van der Waals surface area contributed by atoms with E-state index in [-0.39, 0.29) is 17.8 Å². The van der Waals surface area contributed by atoms with E-state index >= 15 is 0 Å². The maximum atomic E-state index is 13.1. The number of nitrogens with one attached hydrogen (secondary N) is 1. The third kappa shape index (κ3) is 2.26. The molecule has 1 aliphatic carbocycles. The van der Waals surface area contributed by atoms with E-state index in [9.17, 15) is 9.18 Å². The molecule has 3 aromatic rings. The Bertz CT molecular complexity index is 847. The zero-order chi connectivity index (χ0) is 15.1. The molecular formula is C18H14FNO2. The van der Waals surface area contributed by atoms with Gasteiger partial charge in [0, 0.05) is 17.0 Å². The Morgan fingerprint density at radius 1 is 1.09 bits per heavy atom. The molecule has 1 saturated carbocycles. The standard InChI is InChI=1S/C18H14FNO2/c19-12-7-5-11(6-8-12)17-16(18(21)20-13-9-10-13)14-3-1-2-4-15(14)22-17/h1-8,13H,9-10H2,(H,20,21). The monoisotopic (exact) mass is 295 g/mol. The van der Waals surface area contributed by atoms with E-state index in [1.54, 1.807) is 12.1 Å². The Kier molecular flexibility index (Phi) is 2.96. The maximum absolute atomic E-state index is 13.1. The molecule has 0 bridgehead atoms. The first kappa shape index (κ1) is 13.1. The first-order chi connectivity index (χ1) is 10.7. The van der Waals surface area contributed by atoms with Crippen LogP contribution in [0.2, 0.25) is 0 Å². The van der Waals surface area contributed by atoms with Crippen molar-refractivity contribution in [2.45, 2.75) is 18.9 Å². The van der Waals surface area contributed by atoms with E-state index < -0.39 is 0 Å². The molecule has 0 unspecified atom stereocenters. The molecule has 1 heterocycles. The second-order valence-corrected chi connectivity index (χ2v) is 5.56. The summed E-state index contributed by atoms with van der Waals surface area (Å²) in [5.74, 6) is 0.0370. The first-order valence-corrected chi connectivity index (χ1v) is 7.31. The van der Waals surface area contributed by atoms with E-state index in [0.717, 1.165) is 18.2 Å². The van der Waals surface area contributed by atoms with Gasteiger partial charge in [0.1, 0.15) is 17.2 Å². The fraction of sp³-hybridized carbons (Fsp3) is 0.167. The quantitative estimate of drug-likeness (QED) is 0.789. The second-order valence-electron chi connectivity index (χ2n) is 5.56. The van der Waals surface area contributed by atoms with Gasteiger partial charge in [0.2, 0.25) is 0 Å². The van der Waals surface area contributed by atoms with Crippen LogP contribution in [0.25, 0.3) is 22.3 Å². The molecule has 0 spiro atoms. The van der Waals surface area contributed by atoms with E-state index in [0.29, 0.717) is 22.5 Å². The van der Waals surface area contributed by atoms with Gasteiger partial charge in [0.05, 0.1) is 5.56 Å². The van der Waals surface area contributed by atoms with Crippen molar-refractivity contribution in [2.75, 3.05) is 0 Å². The van der Waals surface area contributed by atoms with Gasteiger partial charge in [-0.3, -0.25) is 4.79 Å². The molecule has 1 aliphatic rings. The van der Waals surface area contributed by atoms with E-state index in [2.05, 4.69) is 5.32 Å². The van der Waals surface area contributed by atoms with Gasteiger partial charge in [0.15, 0.2) is 0 Å². The topological polar surface area (TPSA) is 42.2 Å². The number of fused-ring (bicyclic) bond motifs is 1. The van der Waals surface area contributed by atoms with Crippen LogP contribution >= 0.6 is 0 Å². The number of carbonyl (C=O) groups is 1. The molecule has 1 fully saturated rings. The summed E-state index contributed by atoms with van der Waals surface area (Å²) >= 11 is 0. The summed E-state index contributed by atoms with van der Waals surface area (Å²) in [6, 6.07) is 13.7. The number of hydrogen-bond acceptors (Lipinski definition) is 2. The van der Waals surface area contributed by atoms with Crippen molar-refractivity contribution in [1.82, 2.24) is 5.32 Å². The fourth-order valence-corrected chi connectivity index (χ4v) is 2.56. The summed E-state index contributed by atoms with van der Waals surface area (Å²) in [5, 5.41) is 3.77. The van der Waals surface area contributed by atoms with Crippen LogP contribution in [0.5, 0.6) is 0 Å². The molecule has 4 heteroatoms. The highest BCUT2D eigenvalue weighted by molar-refractivity contribution is 6.11. The van der Waals surface area contributed by atoms with Crippen LogP contribution in [0.4, 0.5) is 4.39 Å². The molecule has 110 valence electrons. The minimum atomic E-state index is -0.316. The number of benzene rings is 2. The predicted octanol–water partition coefficient (Wildman–Crippen LogP) is 4.13. The molecule has 4 rings (SSSR count). The average molecular weight is 295 g/mol. The number of hydrogen-bond donors (Lipinski definition) is 1. The van der Waals surface area contributed by atoms with Crippen LogP contribution in [0.15, 0.2) is 52.9 Å². The van der Waals surface area contributed by atoms with Gasteiger partial charge < -0.3 is 9.73 Å². The number of halogens is 1. The molecule has 3 nitrogen and oxygen atoms in total. The SMILES string of the molecule is O=C(NC1CC1)c1c(-c2ccc(F)cc2)oc2ccccc12. The largest absolute Gasteiger partial charge is 0.455 e. The van der Waals surface area contributed by atoms with Gasteiger partial charge >= 0.3 is 0 Å². The molecule has 1 aromatic heterocycles. The molecule has 0 radical (unpaired) electrons. The van der Waals surface area contributed by atoms with Crippen LogP contribution < -0.4 is 5.32 Å². The predicted molar refractivity (Wildman–Crippen MR) is 82.1 cm³/mol. The number of carbonyl (C=O) groups excluding carboxylic acids is 1. The highest BCUT2D eigenvalue weighted by Gasteiger charge is 2.28. The van der Waals surface area contributed by atoms with E-state index in [1.807, 2.05) is 24.3 Å². The van der Waals surface area contributed by atoms with Gasteiger partial charge in [-0.15, -0.1) is 0 Å². The lowest BCUT2D eigenvalue weighted by Gasteiger charge is -2.04. The van der Waals surface area contributed by atoms with Crippen molar-refractivity contribution in [3.8, 4) is 11.3 Å². The van der Waals surface area contributed by atoms with Crippen molar-refractivity contribution in [2.24, 2.45) is 0 Å². The molecule has 22 heavy (non-hydrogen) atoms. The Morgan fingerprint density at radius 3 is 2.55 bits per heavy atom. The molecule has 1 amide bonds. The first-order valence-electron chi connectivity index (χ1n) is 7.31. The summed E-state index contributed by atoms with van der Waals surface area (Å²) in [6.07, 6.45) is 2.04. The third-order valence-corrected chi connectivity index (χ3v) is 3.84. The highest BCUT2D eigenvalue weighted by atomic mass is 19.1. The smallest absolute Gasteiger partial charge is 0.256 e. The summed E-state index contributed by atoms with van der Waals surface area (Å²) in [7, 11) is 0. The lowest BCUT2D eigenvalue weighted by atomic mass is 10.0.